The Kier molecular flexibility index (Phi) is 11.1. The molecule has 2 atom stereocenters. The molecule has 1 aliphatic heterocycles. The van der Waals surface area contributed by atoms with E-state index in [1.54, 1.807) is 22.3 Å². The summed E-state index contributed by atoms with van der Waals surface area (Å²) in [4.78, 5) is 0. The fourth-order valence-corrected chi connectivity index (χ4v) is 19.9. The molecular weight excluding hydrogens is 671 g/mol. The molecule has 0 saturated carbocycles. The molecule has 4 aromatic carbocycles. The van der Waals surface area contributed by atoms with Gasteiger partial charge in [0.1, 0.15) is 0 Å². The number of hydrogen-bond acceptors (Lipinski definition) is 0. The molecule has 1 fully saturated rings. The van der Waals surface area contributed by atoms with E-state index in [0.29, 0.717) is 8.45 Å². The van der Waals surface area contributed by atoms with E-state index < -0.39 is 16.6 Å². The third-order valence-electron chi connectivity index (χ3n) is 11.4. The van der Waals surface area contributed by atoms with Crippen molar-refractivity contribution in [2.45, 2.75) is 99.0 Å². The first-order valence-corrected chi connectivity index (χ1v) is 22.4. The molecule has 3 aliphatic rings. The number of halogens is 2. The van der Waals surface area contributed by atoms with Gasteiger partial charge in [0, 0.05) is 0 Å². The van der Waals surface area contributed by atoms with Crippen molar-refractivity contribution >= 4 is 12.2 Å². The Bertz CT molecular complexity index is 1720. The third kappa shape index (κ3) is 6.86. The predicted molar refractivity (Wildman–Crippen MR) is 202 cm³/mol. The smallest absolute Gasteiger partial charge is 1.00 e. The minimum atomic E-state index is -2.57. The summed E-state index contributed by atoms with van der Waals surface area (Å²) in [5.74, 6) is 0. The molecule has 2 aliphatic carbocycles. The zero-order valence-corrected chi connectivity index (χ0v) is 34.0. The molecule has 0 radical (unpaired) electrons. The van der Waals surface area contributed by atoms with Gasteiger partial charge in [-0.1, -0.05) is 0 Å². The molecule has 0 bridgehead atoms. The SMILES string of the molecule is CCCc1ccc(-c2cccc3c2C=C(C(C)(C)C)[CH]3[Ti+2]2([CH]3C(C(C)(C)C)=Cc4c(-c5ccc(CCC)cc5)cccc43)[CH2][CH2]2)cc1.[Cl-].[Cl-]. The predicted octanol–water partition coefficient (Wildman–Crippen LogP) is 7.61. The molecule has 0 nitrogen and oxygen atoms in total. The van der Waals surface area contributed by atoms with Gasteiger partial charge in [-0.25, -0.2) is 0 Å². The molecular formula is C46H54Cl2Ti. The fourth-order valence-electron chi connectivity index (χ4n) is 9.01. The second kappa shape index (κ2) is 14.3. The summed E-state index contributed by atoms with van der Waals surface area (Å²) in [5, 5.41) is 0. The van der Waals surface area contributed by atoms with E-state index in [4.69, 9.17) is 0 Å². The summed E-state index contributed by atoms with van der Waals surface area (Å²) < 4.78 is 4.12. The van der Waals surface area contributed by atoms with Crippen LogP contribution in [0.1, 0.15) is 110 Å². The Labute approximate surface area is 313 Å². The summed E-state index contributed by atoms with van der Waals surface area (Å²) in [7, 11) is 0. The fraction of sp³-hybridized carbons (Fsp3) is 0.391. The molecule has 1 heterocycles. The van der Waals surface area contributed by atoms with Gasteiger partial charge in [0.25, 0.3) is 0 Å². The normalized spacial score (nSPS) is 18.2. The van der Waals surface area contributed by atoms with E-state index in [1.807, 2.05) is 0 Å². The van der Waals surface area contributed by atoms with Gasteiger partial charge in [-0.2, -0.15) is 0 Å². The molecule has 7 rings (SSSR count). The van der Waals surface area contributed by atoms with Crippen molar-refractivity contribution in [1.82, 2.24) is 0 Å². The van der Waals surface area contributed by atoms with Crippen molar-refractivity contribution in [3.05, 3.63) is 129 Å². The van der Waals surface area contributed by atoms with Crippen molar-refractivity contribution in [2.75, 3.05) is 0 Å². The average Bonchev–Trinajstić information content (AvgIpc) is 3.54. The molecule has 2 unspecified atom stereocenters. The molecule has 1 saturated heterocycles. The van der Waals surface area contributed by atoms with Crippen molar-refractivity contribution < 1.29 is 41.4 Å². The first-order valence-electron chi connectivity index (χ1n) is 18.3. The molecule has 0 spiro atoms. The first-order chi connectivity index (χ1) is 22.5. The van der Waals surface area contributed by atoms with E-state index in [0.717, 1.165) is 12.8 Å². The van der Waals surface area contributed by atoms with Crippen molar-refractivity contribution in [3.8, 4) is 22.3 Å². The van der Waals surface area contributed by atoms with Crippen LogP contribution in [0.15, 0.2) is 96.1 Å². The zero-order valence-electron chi connectivity index (χ0n) is 30.9. The van der Waals surface area contributed by atoms with Crippen LogP contribution in [0.2, 0.25) is 9.45 Å². The summed E-state index contributed by atoms with van der Waals surface area (Å²) in [6.07, 6.45) is 10.00. The maximum absolute atomic E-state index is 2.66. The molecule has 49 heavy (non-hydrogen) atoms. The topological polar surface area (TPSA) is 0 Å². The molecule has 3 heteroatoms. The quantitative estimate of drug-likeness (QED) is 0.164. The summed E-state index contributed by atoms with van der Waals surface area (Å²) in [6, 6.07) is 33.4. The van der Waals surface area contributed by atoms with Gasteiger partial charge in [0.05, 0.1) is 0 Å². The van der Waals surface area contributed by atoms with E-state index in [9.17, 15) is 0 Å². The number of hydrogen-bond donors (Lipinski definition) is 0. The number of rotatable bonds is 8. The van der Waals surface area contributed by atoms with Crippen LogP contribution in [0.5, 0.6) is 0 Å². The minimum absolute atomic E-state index is 0. The van der Waals surface area contributed by atoms with Gasteiger partial charge in [-0.3, -0.25) is 0 Å². The second-order valence-electron chi connectivity index (χ2n) is 16.8. The maximum atomic E-state index is 2.66. The van der Waals surface area contributed by atoms with Gasteiger partial charge in [0.15, 0.2) is 0 Å². The van der Waals surface area contributed by atoms with Crippen LogP contribution >= 0.6 is 0 Å². The molecule has 4 aromatic rings. The maximum Gasteiger partial charge on any atom is -1.00 e. The van der Waals surface area contributed by atoms with Gasteiger partial charge in [-0.15, -0.1) is 0 Å². The Morgan fingerprint density at radius 2 is 0.898 bits per heavy atom. The van der Waals surface area contributed by atoms with Crippen LogP contribution in [-0.4, -0.2) is 0 Å². The Morgan fingerprint density at radius 3 is 1.20 bits per heavy atom. The first kappa shape index (κ1) is 37.9. The standard InChI is InChI=1S/2C22H25.C2H4.2ClH.Ti/c2*1-5-7-16-10-12-17(13-11-16)20-9-6-8-18-14-19(15-21(18)20)22(2,3)4;1-2;;;/h2*6,8-15H,5,7H2,1-4H3;1-2H2;2*1H;/q;;;;;+2/p-2. The average molecular weight is 726 g/mol. The van der Waals surface area contributed by atoms with Gasteiger partial charge in [0.2, 0.25) is 0 Å². The largest absolute Gasteiger partial charge is 1.00 e. The summed E-state index contributed by atoms with van der Waals surface area (Å²) in [6.45, 7) is 19.4. The number of fused-ring (bicyclic) bond motifs is 2. The van der Waals surface area contributed by atoms with Gasteiger partial charge >= 0.3 is 290 Å². The monoisotopic (exact) mass is 724 g/mol. The van der Waals surface area contributed by atoms with Crippen molar-refractivity contribution in [3.63, 3.8) is 0 Å². The summed E-state index contributed by atoms with van der Waals surface area (Å²) in [5.41, 5.74) is 18.4. The second-order valence-corrected chi connectivity index (χ2v) is 24.0. The van der Waals surface area contributed by atoms with E-state index in [2.05, 4.69) is 152 Å². The van der Waals surface area contributed by atoms with Gasteiger partial charge in [-0.05, 0) is 0 Å². The zero-order chi connectivity index (χ0) is 33.1. The van der Waals surface area contributed by atoms with Crippen LogP contribution < -0.4 is 24.8 Å². The van der Waals surface area contributed by atoms with Gasteiger partial charge < -0.3 is 24.8 Å². The Morgan fingerprint density at radius 1 is 0.531 bits per heavy atom. The van der Waals surface area contributed by atoms with Crippen molar-refractivity contribution in [2.24, 2.45) is 10.8 Å². The number of benzene rings is 4. The third-order valence-corrected chi connectivity index (χ3v) is 19.6. The Hall–Kier alpha value is -2.35. The molecule has 0 aromatic heterocycles. The van der Waals surface area contributed by atoms with Crippen LogP contribution in [0, 0.1) is 10.8 Å². The number of aryl methyl sites for hydroxylation is 2. The summed E-state index contributed by atoms with van der Waals surface area (Å²) >= 11 is -2.57. The Balaban J connectivity index is 0.00000234. The van der Waals surface area contributed by atoms with E-state index in [-0.39, 0.29) is 35.6 Å². The van der Waals surface area contributed by atoms with E-state index in [1.165, 1.54) is 66.8 Å². The molecule has 0 amide bonds. The molecule has 256 valence electrons. The molecule has 0 N–H and O–H groups in total. The van der Waals surface area contributed by atoms with Crippen LogP contribution in [0.4, 0.5) is 0 Å². The number of allylic oxidation sites excluding steroid dienone is 2. The van der Waals surface area contributed by atoms with Crippen LogP contribution in [0.25, 0.3) is 34.4 Å². The minimum Gasteiger partial charge on any atom is -1.00 e. The van der Waals surface area contributed by atoms with E-state index >= 15 is 0 Å². The van der Waals surface area contributed by atoms with Crippen molar-refractivity contribution in [1.29, 1.82) is 0 Å². The van der Waals surface area contributed by atoms with Crippen LogP contribution in [-0.2, 0) is 29.4 Å². The van der Waals surface area contributed by atoms with Crippen LogP contribution in [0.3, 0.4) is 0 Å².